The average molecular weight is 175 g/mol. The predicted octanol–water partition coefficient (Wildman–Crippen LogP) is 1.04. The molecule has 0 aliphatic carbocycles. The molecule has 0 aliphatic heterocycles. The number of terminal acetylenes is 1. The van der Waals surface area contributed by atoms with Crippen molar-refractivity contribution >= 4 is 11.7 Å². The summed E-state index contributed by atoms with van der Waals surface area (Å²) in [4.78, 5) is 11.1. The van der Waals surface area contributed by atoms with Crippen LogP contribution in [0.1, 0.15) is 15.9 Å². The van der Waals surface area contributed by atoms with Gasteiger partial charge in [-0.05, 0) is 12.1 Å². The lowest BCUT2D eigenvalue weighted by atomic mass is 10.1. The van der Waals surface area contributed by atoms with Crippen LogP contribution in [0.5, 0.6) is 0 Å². The molecule has 0 spiro atoms. The molecule has 0 amide bonds. The van der Waals surface area contributed by atoms with Crippen molar-refractivity contribution < 1.29 is 9.53 Å². The van der Waals surface area contributed by atoms with Crippen LogP contribution in [0.4, 0.5) is 5.69 Å². The molecule has 1 aromatic carbocycles. The normalized spacial score (nSPS) is 8.92. The highest BCUT2D eigenvalue weighted by atomic mass is 16.5. The third-order valence-corrected chi connectivity index (χ3v) is 1.67. The summed E-state index contributed by atoms with van der Waals surface area (Å²) in [5, 5.41) is 0. The summed E-state index contributed by atoms with van der Waals surface area (Å²) in [5.74, 6) is 1.90. The number of esters is 1. The van der Waals surface area contributed by atoms with Crippen LogP contribution in [0, 0.1) is 12.3 Å². The summed E-state index contributed by atoms with van der Waals surface area (Å²) in [7, 11) is 1.30. The van der Waals surface area contributed by atoms with Gasteiger partial charge in [0.1, 0.15) is 0 Å². The van der Waals surface area contributed by atoms with Crippen molar-refractivity contribution in [3.05, 3.63) is 29.3 Å². The summed E-state index contributed by atoms with van der Waals surface area (Å²) in [6, 6.07) is 4.90. The lowest BCUT2D eigenvalue weighted by Crippen LogP contribution is -2.06. The molecular formula is C10H9NO2. The van der Waals surface area contributed by atoms with Crippen molar-refractivity contribution in [1.82, 2.24) is 0 Å². The third kappa shape index (κ3) is 1.62. The van der Waals surface area contributed by atoms with Crippen LogP contribution >= 0.6 is 0 Å². The molecule has 0 aliphatic rings. The minimum atomic E-state index is -0.477. The van der Waals surface area contributed by atoms with E-state index >= 15 is 0 Å². The number of anilines is 1. The monoisotopic (exact) mass is 175 g/mol. The largest absolute Gasteiger partial charge is 0.465 e. The van der Waals surface area contributed by atoms with E-state index in [1.807, 2.05) is 0 Å². The zero-order valence-corrected chi connectivity index (χ0v) is 7.20. The Balaban J connectivity index is 3.25. The molecule has 0 heterocycles. The quantitative estimate of drug-likeness (QED) is 0.394. The van der Waals surface area contributed by atoms with Crippen molar-refractivity contribution in [1.29, 1.82) is 0 Å². The Morgan fingerprint density at radius 1 is 1.62 bits per heavy atom. The zero-order valence-electron chi connectivity index (χ0n) is 7.20. The minimum absolute atomic E-state index is 0.289. The Morgan fingerprint density at radius 3 is 2.85 bits per heavy atom. The molecule has 2 N–H and O–H groups in total. The molecule has 0 saturated heterocycles. The number of rotatable bonds is 1. The number of hydrogen-bond acceptors (Lipinski definition) is 3. The molecule has 3 heteroatoms. The molecule has 3 nitrogen and oxygen atoms in total. The maximum atomic E-state index is 11.1. The summed E-state index contributed by atoms with van der Waals surface area (Å²) < 4.78 is 4.53. The Kier molecular flexibility index (Phi) is 2.56. The second-order valence-corrected chi connectivity index (χ2v) is 2.40. The van der Waals surface area contributed by atoms with Crippen LogP contribution in [0.2, 0.25) is 0 Å². The van der Waals surface area contributed by atoms with Crippen LogP contribution in [-0.2, 0) is 4.74 Å². The number of nitrogen functional groups attached to an aromatic ring is 1. The van der Waals surface area contributed by atoms with Crippen molar-refractivity contribution in [2.45, 2.75) is 0 Å². The van der Waals surface area contributed by atoms with E-state index in [1.54, 1.807) is 18.2 Å². The van der Waals surface area contributed by atoms with Crippen molar-refractivity contribution in [3.63, 3.8) is 0 Å². The Morgan fingerprint density at radius 2 is 2.31 bits per heavy atom. The molecule has 0 saturated carbocycles. The number of ether oxygens (including phenoxy) is 1. The molecule has 13 heavy (non-hydrogen) atoms. The molecule has 0 bridgehead atoms. The lowest BCUT2D eigenvalue weighted by molar-refractivity contribution is 0.0602. The van der Waals surface area contributed by atoms with Gasteiger partial charge in [-0.15, -0.1) is 6.42 Å². The minimum Gasteiger partial charge on any atom is -0.465 e. The van der Waals surface area contributed by atoms with Gasteiger partial charge in [-0.1, -0.05) is 12.0 Å². The van der Waals surface area contributed by atoms with Crippen LogP contribution < -0.4 is 5.73 Å². The first-order valence-corrected chi connectivity index (χ1v) is 3.64. The van der Waals surface area contributed by atoms with Gasteiger partial charge >= 0.3 is 5.97 Å². The van der Waals surface area contributed by atoms with E-state index in [2.05, 4.69) is 10.7 Å². The van der Waals surface area contributed by atoms with Gasteiger partial charge in [0.05, 0.1) is 18.4 Å². The van der Waals surface area contributed by atoms with Crippen molar-refractivity contribution in [2.75, 3.05) is 12.8 Å². The Hall–Kier alpha value is -1.95. The van der Waals surface area contributed by atoms with E-state index in [0.717, 1.165) is 0 Å². The summed E-state index contributed by atoms with van der Waals surface area (Å²) >= 11 is 0. The van der Waals surface area contributed by atoms with Gasteiger partial charge in [-0.25, -0.2) is 4.79 Å². The van der Waals surface area contributed by atoms with Gasteiger partial charge in [-0.2, -0.15) is 0 Å². The van der Waals surface area contributed by atoms with E-state index in [4.69, 9.17) is 12.2 Å². The predicted molar refractivity (Wildman–Crippen MR) is 50.1 cm³/mol. The topological polar surface area (TPSA) is 52.3 Å². The highest BCUT2D eigenvalue weighted by Gasteiger charge is 2.10. The molecule has 0 aromatic heterocycles. The average Bonchev–Trinajstić information content (AvgIpc) is 2.17. The Bertz CT molecular complexity index is 377. The van der Waals surface area contributed by atoms with Gasteiger partial charge in [0.25, 0.3) is 0 Å². The van der Waals surface area contributed by atoms with Gasteiger partial charge in [0.15, 0.2) is 0 Å². The molecule has 0 fully saturated rings. The SMILES string of the molecule is C#Cc1cccc(C(=O)OC)c1N. The molecular weight excluding hydrogens is 166 g/mol. The fourth-order valence-electron chi connectivity index (χ4n) is 0.979. The van der Waals surface area contributed by atoms with E-state index in [0.29, 0.717) is 11.1 Å². The number of carbonyl (C=O) groups excluding carboxylic acids is 1. The maximum Gasteiger partial charge on any atom is 0.339 e. The first kappa shape index (κ1) is 9.14. The smallest absolute Gasteiger partial charge is 0.339 e. The molecule has 1 aromatic rings. The van der Waals surface area contributed by atoms with Gasteiger partial charge in [0.2, 0.25) is 0 Å². The molecule has 0 radical (unpaired) electrons. The number of para-hydroxylation sites is 1. The van der Waals surface area contributed by atoms with Crippen LogP contribution in [0.3, 0.4) is 0 Å². The number of nitrogens with two attached hydrogens (primary N) is 1. The van der Waals surface area contributed by atoms with Crippen LogP contribution in [-0.4, -0.2) is 13.1 Å². The highest BCUT2D eigenvalue weighted by Crippen LogP contribution is 2.16. The number of hydrogen-bond donors (Lipinski definition) is 1. The fourth-order valence-corrected chi connectivity index (χ4v) is 0.979. The van der Waals surface area contributed by atoms with E-state index in [1.165, 1.54) is 7.11 Å². The van der Waals surface area contributed by atoms with Crippen molar-refractivity contribution in [2.24, 2.45) is 0 Å². The molecule has 0 unspecified atom stereocenters. The van der Waals surface area contributed by atoms with Crippen molar-refractivity contribution in [3.8, 4) is 12.3 Å². The Labute approximate surface area is 76.5 Å². The van der Waals surface area contributed by atoms with Gasteiger partial charge < -0.3 is 10.5 Å². The summed E-state index contributed by atoms with van der Waals surface area (Å²) in [6.07, 6.45) is 5.18. The number of benzene rings is 1. The maximum absolute atomic E-state index is 11.1. The molecule has 1 rings (SSSR count). The second kappa shape index (κ2) is 3.63. The molecule has 66 valence electrons. The fraction of sp³-hybridized carbons (Fsp3) is 0.100. The second-order valence-electron chi connectivity index (χ2n) is 2.40. The van der Waals surface area contributed by atoms with Crippen LogP contribution in [0.15, 0.2) is 18.2 Å². The van der Waals surface area contributed by atoms with Gasteiger partial charge in [-0.3, -0.25) is 0 Å². The van der Waals surface area contributed by atoms with E-state index in [9.17, 15) is 4.79 Å². The van der Waals surface area contributed by atoms with E-state index in [-0.39, 0.29) is 5.69 Å². The number of methoxy groups -OCH3 is 1. The van der Waals surface area contributed by atoms with Crippen LogP contribution in [0.25, 0.3) is 0 Å². The zero-order chi connectivity index (χ0) is 9.84. The summed E-state index contributed by atoms with van der Waals surface area (Å²) in [6.45, 7) is 0. The third-order valence-electron chi connectivity index (χ3n) is 1.67. The van der Waals surface area contributed by atoms with Gasteiger partial charge in [0, 0.05) is 5.56 Å². The highest BCUT2D eigenvalue weighted by molar-refractivity contribution is 5.96. The first-order valence-electron chi connectivity index (χ1n) is 3.64. The number of carbonyl (C=O) groups is 1. The summed E-state index contributed by atoms with van der Waals surface area (Å²) in [5.41, 5.74) is 6.72. The molecule has 0 atom stereocenters. The first-order chi connectivity index (χ1) is 6.20. The lowest BCUT2D eigenvalue weighted by Gasteiger charge is -2.04. The standard InChI is InChI=1S/C10H9NO2/c1-3-7-5-4-6-8(9(7)11)10(12)13-2/h1,4-6H,11H2,2H3. The van der Waals surface area contributed by atoms with E-state index < -0.39 is 5.97 Å².